The molecule has 2 unspecified atom stereocenters. The number of amides is 1. The molecular weight excluding hydrogens is 617 g/mol. The first-order chi connectivity index (χ1) is 22.4. The van der Waals surface area contributed by atoms with Gasteiger partial charge in [-0.15, -0.1) is 8.78 Å². The molecule has 2 bridgehead atoms. The summed E-state index contributed by atoms with van der Waals surface area (Å²) in [6, 6.07) is 4.03. The van der Waals surface area contributed by atoms with Crippen molar-refractivity contribution in [2.24, 2.45) is 0 Å². The zero-order valence-electron chi connectivity index (χ0n) is 26.6. The van der Waals surface area contributed by atoms with Gasteiger partial charge in [0.1, 0.15) is 29.2 Å². The number of piperazine rings is 1. The van der Waals surface area contributed by atoms with Gasteiger partial charge in [0, 0.05) is 24.8 Å². The normalized spacial score (nSPS) is 24.2. The number of hydrogen-bond donors (Lipinski definition) is 0. The van der Waals surface area contributed by atoms with Gasteiger partial charge in [0.2, 0.25) is 0 Å². The van der Waals surface area contributed by atoms with Gasteiger partial charge in [0.05, 0.1) is 23.0 Å². The van der Waals surface area contributed by atoms with E-state index in [1.165, 1.54) is 24.4 Å². The van der Waals surface area contributed by atoms with Crippen LogP contribution < -0.4 is 19.1 Å². The second-order valence-corrected chi connectivity index (χ2v) is 14.2. The molecule has 250 valence electrons. The molecule has 2 aromatic heterocycles. The molecule has 1 amide bonds. The Morgan fingerprint density at radius 3 is 2.49 bits per heavy atom. The van der Waals surface area contributed by atoms with E-state index in [1.807, 2.05) is 30.6 Å². The van der Waals surface area contributed by atoms with Gasteiger partial charge in [-0.3, -0.25) is 14.8 Å². The van der Waals surface area contributed by atoms with E-state index in [0.717, 1.165) is 51.6 Å². The number of halogens is 3. The van der Waals surface area contributed by atoms with E-state index in [-0.39, 0.29) is 58.0 Å². The number of anilines is 1. The summed E-state index contributed by atoms with van der Waals surface area (Å²) in [6.07, 6.45) is 3.04. The Balaban J connectivity index is 1.18. The third-order valence-corrected chi connectivity index (χ3v) is 9.99. The Bertz CT molecular complexity index is 1730. The lowest BCUT2D eigenvalue weighted by Crippen LogP contribution is -2.57. The topological polar surface area (TPSA) is 102 Å². The highest BCUT2D eigenvalue weighted by atomic mass is 19.3. The largest absolute Gasteiger partial charge is 0.586 e. The summed E-state index contributed by atoms with van der Waals surface area (Å²) < 4.78 is 65.9. The number of carbonyl (C=O) groups excluding carboxylic acids is 1. The van der Waals surface area contributed by atoms with E-state index < -0.39 is 17.7 Å². The van der Waals surface area contributed by atoms with Gasteiger partial charge in [0.15, 0.2) is 17.3 Å². The minimum absolute atomic E-state index is 0.0113. The molecule has 1 aromatic carbocycles. The molecule has 0 saturated carbocycles. The first-order valence-electron chi connectivity index (χ1n) is 16.3. The number of para-hydroxylation sites is 1. The van der Waals surface area contributed by atoms with E-state index in [0.29, 0.717) is 30.9 Å². The van der Waals surface area contributed by atoms with E-state index in [1.54, 1.807) is 0 Å². The third kappa shape index (κ3) is 5.24. The minimum atomic E-state index is -3.88. The van der Waals surface area contributed by atoms with Crippen LogP contribution in [0, 0.1) is 5.82 Å². The fourth-order valence-corrected chi connectivity index (χ4v) is 8.02. The lowest BCUT2D eigenvalue weighted by Gasteiger charge is -2.42. The van der Waals surface area contributed by atoms with Crippen molar-refractivity contribution in [2.45, 2.75) is 88.8 Å². The zero-order valence-corrected chi connectivity index (χ0v) is 26.6. The number of alkyl halides is 2. The molecule has 4 saturated heterocycles. The molecule has 4 fully saturated rings. The van der Waals surface area contributed by atoms with Crippen LogP contribution in [-0.4, -0.2) is 93.1 Å². The van der Waals surface area contributed by atoms with Crippen LogP contribution in [0.5, 0.6) is 17.5 Å². The van der Waals surface area contributed by atoms with Crippen molar-refractivity contribution in [2.75, 3.05) is 37.7 Å². The average Bonchev–Trinajstić information content (AvgIpc) is 3.74. The Hall–Kier alpha value is -4.07. The van der Waals surface area contributed by atoms with E-state index in [9.17, 15) is 13.6 Å². The molecule has 47 heavy (non-hydrogen) atoms. The van der Waals surface area contributed by atoms with Gasteiger partial charge in [0.25, 0.3) is 0 Å². The highest BCUT2D eigenvalue weighted by Crippen LogP contribution is 2.48. The number of carbonyl (C=O) groups is 1. The summed E-state index contributed by atoms with van der Waals surface area (Å²) in [4.78, 5) is 33.2. The Labute approximate surface area is 269 Å². The van der Waals surface area contributed by atoms with Crippen molar-refractivity contribution in [3.05, 3.63) is 30.2 Å². The van der Waals surface area contributed by atoms with Crippen LogP contribution in [0.4, 0.5) is 23.8 Å². The lowest BCUT2D eigenvalue weighted by molar-refractivity contribution is -0.286. The van der Waals surface area contributed by atoms with Crippen molar-refractivity contribution < 1.29 is 36.9 Å². The van der Waals surface area contributed by atoms with Crippen molar-refractivity contribution in [3.63, 3.8) is 0 Å². The Morgan fingerprint density at radius 2 is 1.79 bits per heavy atom. The van der Waals surface area contributed by atoms with Gasteiger partial charge in [-0.05, 0) is 84.5 Å². The fourth-order valence-electron chi connectivity index (χ4n) is 8.02. The third-order valence-electron chi connectivity index (χ3n) is 9.99. The maximum absolute atomic E-state index is 16.6. The molecule has 0 aliphatic carbocycles. The molecule has 0 spiro atoms. The van der Waals surface area contributed by atoms with Gasteiger partial charge in [-0.2, -0.15) is 9.97 Å². The smallest absolute Gasteiger partial charge is 0.461 e. The highest BCUT2D eigenvalue weighted by Gasteiger charge is 2.47. The SMILES string of the molecule is CC(C)(C)OC(=O)N1C2CCC1CN(c1nc(OCC34CCCN3CCC4)nc3c(F)c(-c4cccc5c4OC(F)(F)O5)ncc13)C2. The van der Waals surface area contributed by atoms with Crippen molar-refractivity contribution >= 4 is 22.8 Å². The van der Waals surface area contributed by atoms with Crippen LogP contribution >= 0.6 is 0 Å². The monoisotopic (exact) mass is 654 g/mol. The number of nitrogens with zero attached hydrogens (tertiary/aromatic N) is 6. The lowest BCUT2D eigenvalue weighted by atomic mass is 9.95. The van der Waals surface area contributed by atoms with Crippen molar-refractivity contribution in [1.29, 1.82) is 0 Å². The van der Waals surface area contributed by atoms with Gasteiger partial charge >= 0.3 is 18.4 Å². The molecule has 5 aliphatic rings. The molecule has 5 aliphatic heterocycles. The Morgan fingerprint density at radius 1 is 1.06 bits per heavy atom. The molecule has 11 nitrogen and oxygen atoms in total. The van der Waals surface area contributed by atoms with Gasteiger partial charge in [-0.1, -0.05) is 6.07 Å². The average molecular weight is 655 g/mol. The number of pyridine rings is 1. The molecule has 2 atom stereocenters. The molecule has 0 N–H and O–H groups in total. The summed E-state index contributed by atoms with van der Waals surface area (Å²) in [7, 11) is 0. The highest BCUT2D eigenvalue weighted by molar-refractivity contribution is 5.93. The summed E-state index contributed by atoms with van der Waals surface area (Å²) in [5, 5.41) is 0.348. The van der Waals surface area contributed by atoms with E-state index in [4.69, 9.17) is 19.2 Å². The number of ether oxygens (including phenoxy) is 4. The zero-order chi connectivity index (χ0) is 32.7. The number of rotatable bonds is 5. The predicted octanol–water partition coefficient (Wildman–Crippen LogP) is 5.75. The molecule has 14 heteroatoms. The summed E-state index contributed by atoms with van der Waals surface area (Å²) in [5.74, 6) is -0.887. The number of aromatic nitrogens is 3. The van der Waals surface area contributed by atoms with Crippen LogP contribution in [0.15, 0.2) is 24.4 Å². The fraction of sp³-hybridized carbons (Fsp3) is 0.576. The van der Waals surface area contributed by atoms with Crippen molar-refractivity contribution in [1.82, 2.24) is 24.8 Å². The molecule has 3 aromatic rings. The first kappa shape index (κ1) is 30.3. The molecule has 7 heterocycles. The van der Waals surface area contributed by atoms with Gasteiger partial charge < -0.3 is 23.8 Å². The van der Waals surface area contributed by atoms with E-state index in [2.05, 4.69) is 19.6 Å². The van der Waals surface area contributed by atoms with Gasteiger partial charge in [-0.25, -0.2) is 9.18 Å². The standard InChI is InChI=1S/C33H37F3N6O5/c1-31(2,3)47-30(43)42-19-9-10-20(42)17-40(16-19)28-22-15-37-25(21-7-4-8-23-27(21)46-33(35,36)45-23)24(34)26(22)38-29(39-28)44-18-32-11-5-13-41(32)14-6-12-32/h4,7-8,15,19-20H,5-6,9-14,16-18H2,1-3H3. The van der Waals surface area contributed by atoms with Crippen molar-refractivity contribution in [3.8, 4) is 28.8 Å². The summed E-state index contributed by atoms with van der Waals surface area (Å²) >= 11 is 0. The minimum Gasteiger partial charge on any atom is -0.461 e. The van der Waals surface area contributed by atoms with Crippen LogP contribution in [0.25, 0.3) is 22.2 Å². The maximum atomic E-state index is 16.6. The van der Waals surface area contributed by atoms with Crippen LogP contribution in [0.3, 0.4) is 0 Å². The first-order valence-corrected chi connectivity index (χ1v) is 16.3. The molecule has 0 radical (unpaired) electrons. The molecule has 8 rings (SSSR count). The second kappa shape index (κ2) is 10.7. The van der Waals surface area contributed by atoms with E-state index >= 15 is 4.39 Å². The van der Waals surface area contributed by atoms with Crippen LogP contribution in [0.1, 0.15) is 59.3 Å². The number of fused-ring (bicyclic) bond motifs is 5. The number of hydrogen-bond acceptors (Lipinski definition) is 10. The molecular formula is C33H37F3N6O5. The summed E-state index contributed by atoms with van der Waals surface area (Å²) in [5.41, 5.74) is -0.961. The number of benzene rings is 1. The van der Waals surface area contributed by atoms with Crippen LogP contribution in [-0.2, 0) is 4.74 Å². The summed E-state index contributed by atoms with van der Waals surface area (Å²) in [6.45, 7) is 8.86. The predicted molar refractivity (Wildman–Crippen MR) is 164 cm³/mol. The quantitative estimate of drug-likeness (QED) is 0.338. The Kier molecular flexibility index (Phi) is 6.91. The second-order valence-electron chi connectivity index (χ2n) is 14.2. The maximum Gasteiger partial charge on any atom is 0.586 e. The van der Waals surface area contributed by atoms with Crippen LogP contribution in [0.2, 0.25) is 0 Å².